The van der Waals surface area contributed by atoms with Crippen LogP contribution in [-0.4, -0.2) is 71.8 Å². The van der Waals surface area contributed by atoms with Gasteiger partial charge in [0.2, 0.25) is 11.8 Å². The number of hydrogen-bond acceptors (Lipinski definition) is 5. The normalized spacial score (nSPS) is 21.9. The second-order valence-electron chi connectivity index (χ2n) is 8.31. The fraction of sp³-hybridized carbons (Fsp3) is 0.619. The Morgan fingerprint density at radius 3 is 2.79 bits per heavy atom. The van der Waals surface area contributed by atoms with Gasteiger partial charge in [-0.05, 0) is 31.2 Å². The van der Waals surface area contributed by atoms with Crippen LogP contribution in [0.15, 0.2) is 12.3 Å². The molecule has 1 saturated heterocycles. The number of carbonyl (C=O) groups excluding carboxylic acids is 3. The van der Waals surface area contributed by atoms with E-state index in [-0.39, 0.29) is 24.3 Å². The highest BCUT2D eigenvalue weighted by atomic mass is 16.2. The van der Waals surface area contributed by atoms with E-state index in [1.54, 1.807) is 34.0 Å². The molecule has 1 aromatic rings. The number of aromatic nitrogens is 1. The molecule has 1 atom stereocenters. The first kappa shape index (κ1) is 19.7. The fourth-order valence-electron chi connectivity index (χ4n) is 4.06. The topological polar surface area (TPSA) is 85.9 Å². The maximum absolute atomic E-state index is 13.3. The highest BCUT2D eigenvalue weighted by Crippen LogP contribution is 2.35. The highest BCUT2D eigenvalue weighted by molar-refractivity contribution is 6.04. The molecule has 1 saturated carbocycles. The Balaban J connectivity index is 1.60. The van der Waals surface area contributed by atoms with Gasteiger partial charge in [0.1, 0.15) is 11.9 Å². The summed E-state index contributed by atoms with van der Waals surface area (Å²) in [6.07, 6.45) is 6.36. The first-order valence-corrected chi connectivity index (χ1v) is 10.6. The van der Waals surface area contributed by atoms with E-state index in [4.69, 9.17) is 0 Å². The Bertz CT molecular complexity index is 823. The summed E-state index contributed by atoms with van der Waals surface area (Å²) in [5.41, 5.74) is 1.10. The zero-order chi connectivity index (χ0) is 20.5. The monoisotopic (exact) mass is 399 g/mol. The van der Waals surface area contributed by atoms with Crippen molar-refractivity contribution in [1.82, 2.24) is 14.8 Å². The summed E-state index contributed by atoms with van der Waals surface area (Å²) in [4.78, 5) is 48.0. The molecule has 3 heterocycles. The van der Waals surface area contributed by atoms with Crippen molar-refractivity contribution >= 4 is 29.2 Å². The van der Waals surface area contributed by atoms with Crippen LogP contribution in [0, 0.1) is 5.92 Å². The molecule has 0 aromatic carbocycles. The number of carbonyl (C=O) groups is 3. The van der Waals surface area contributed by atoms with Gasteiger partial charge < -0.3 is 20.0 Å². The quantitative estimate of drug-likeness (QED) is 0.787. The van der Waals surface area contributed by atoms with E-state index >= 15 is 0 Å². The summed E-state index contributed by atoms with van der Waals surface area (Å²) in [6, 6.07) is 1.33. The number of nitrogens with one attached hydrogen (secondary N) is 1. The van der Waals surface area contributed by atoms with Crippen LogP contribution in [0.4, 0.5) is 11.5 Å². The Labute approximate surface area is 171 Å². The summed E-state index contributed by atoms with van der Waals surface area (Å²) in [5.74, 6) is 0.992. The number of pyridine rings is 1. The molecule has 0 spiro atoms. The maximum atomic E-state index is 13.3. The van der Waals surface area contributed by atoms with Crippen molar-refractivity contribution in [1.29, 1.82) is 0 Å². The molecular formula is C21H29N5O3. The van der Waals surface area contributed by atoms with Crippen molar-refractivity contribution in [3.05, 3.63) is 17.8 Å². The molecule has 4 rings (SSSR count). The van der Waals surface area contributed by atoms with Gasteiger partial charge in [-0.15, -0.1) is 0 Å². The minimum absolute atomic E-state index is 0.00354. The summed E-state index contributed by atoms with van der Waals surface area (Å²) in [6.45, 7) is 4.02. The first-order valence-electron chi connectivity index (χ1n) is 10.6. The number of hydrogen-bond donors (Lipinski definition) is 1. The third-order valence-electron chi connectivity index (χ3n) is 6.06. The van der Waals surface area contributed by atoms with Gasteiger partial charge in [0, 0.05) is 32.9 Å². The summed E-state index contributed by atoms with van der Waals surface area (Å²) >= 11 is 0. The number of nitrogens with zero attached hydrogens (tertiary/aromatic N) is 4. The molecule has 2 fully saturated rings. The summed E-state index contributed by atoms with van der Waals surface area (Å²) < 4.78 is 0. The van der Waals surface area contributed by atoms with Gasteiger partial charge in [0.05, 0.1) is 17.8 Å². The van der Waals surface area contributed by atoms with Gasteiger partial charge in [-0.3, -0.25) is 14.4 Å². The number of fused-ring (bicyclic) bond motifs is 1. The largest absolute Gasteiger partial charge is 0.359 e. The smallest absolute Gasteiger partial charge is 0.256 e. The molecule has 1 N–H and O–H groups in total. The fourth-order valence-corrected chi connectivity index (χ4v) is 4.06. The van der Waals surface area contributed by atoms with Gasteiger partial charge >= 0.3 is 0 Å². The molecule has 8 heteroatoms. The van der Waals surface area contributed by atoms with Gasteiger partial charge in [0.25, 0.3) is 5.91 Å². The minimum atomic E-state index is -0.431. The molecule has 156 valence electrons. The molecule has 3 amide bonds. The van der Waals surface area contributed by atoms with Crippen molar-refractivity contribution in [3.63, 3.8) is 0 Å². The van der Waals surface area contributed by atoms with E-state index in [0.717, 1.165) is 25.7 Å². The van der Waals surface area contributed by atoms with E-state index in [1.807, 2.05) is 0 Å². The van der Waals surface area contributed by atoms with Crippen LogP contribution in [-0.2, 0) is 9.59 Å². The number of piperazine rings is 1. The standard InChI is InChI=1S/C21H29N5O3/c1-3-4-5-16-21(29)24(2)8-9-25(16)20(28)15-10-17-19(22-11-15)23-12-18(27)26(17)13-14-6-7-14/h10-11,14,16H,3-9,12-13H2,1-2H3,(H,22,23). The molecule has 1 aliphatic carbocycles. The summed E-state index contributed by atoms with van der Waals surface area (Å²) in [5, 5.41) is 3.04. The van der Waals surface area contributed by atoms with Crippen LogP contribution in [0.25, 0.3) is 0 Å². The lowest BCUT2D eigenvalue weighted by atomic mass is 10.0. The molecular weight excluding hydrogens is 370 g/mol. The zero-order valence-electron chi connectivity index (χ0n) is 17.2. The predicted molar refractivity (Wildman–Crippen MR) is 110 cm³/mol. The van der Waals surface area contributed by atoms with Crippen molar-refractivity contribution in [3.8, 4) is 0 Å². The maximum Gasteiger partial charge on any atom is 0.256 e. The number of unbranched alkanes of at least 4 members (excludes halogenated alkanes) is 1. The average Bonchev–Trinajstić information content (AvgIpc) is 3.54. The van der Waals surface area contributed by atoms with E-state index in [0.29, 0.717) is 49.0 Å². The van der Waals surface area contributed by atoms with Crippen LogP contribution in [0.2, 0.25) is 0 Å². The van der Waals surface area contributed by atoms with Crippen LogP contribution >= 0.6 is 0 Å². The van der Waals surface area contributed by atoms with E-state index in [9.17, 15) is 14.4 Å². The SMILES string of the molecule is CCCCC1C(=O)N(C)CCN1C(=O)c1cnc2c(c1)N(CC1CC1)C(=O)CN2. The van der Waals surface area contributed by atoms with E-state index in [1.165, 1.54) is 0 Å². The Morgan fingerprint density at radius 1 is 1.28 bits per heavy atom. The molecule has 8 nitrogen and oxygen atoms in total. The first-order chi connectivity index (χ1) is 14.0. The summed E-state index contributed by atoms with van der Waals surface area (Å²) in [7, 11) is 1.79. The van der Waals surface area contributed by atoms with Gasteiger partial charge in [-0.2, -0.15) is 0 Å². The number of anilines is 2. The third kappa shape index (κ3) is 3.93. The molecule has 0 bridgehead atoms. The molecule has 1 aromatic heterocycles. The average molecular weight is 399 g/mol. The number of amides is 3. The van der Waals surface area contributed by atoms with Crippen LogP contribution in [0.3, 0.4) is 0 Å². The van der Waals surface area contributed by atoms with E-state index < -0.39 is 6.04 Å². The lowest BCUT2D eigenvalue weighted by Crippen LogP contribution is -2.57. The Hall–Kier alpha value is -2.64. The number of likely N-dealkylation sites (N-methyl/N-ethyl adjacent to an activating group) is 1. The molecule has 3 aliphatic rings. The second-order valence-corrected chi connectivity index (χ2v) is 8.31. The van der Waals surface area contributed by atoms with Crippen LogP contribution in [0.1, 0.15) is 49.4 Å². The molecule has 29 heavy (non-hydrogen) atoms. The molecule has 1 unspecified atom stereocenters. The van der Waals surface area contributed by atoms with Gasteiger partial charge in [-0.25, -0.2) is 4.98 Å². The van der Waals surface area contributed by atoms with Crippen molar-refractivity contribution in [2.45, 2.75) is 45.1 Å². The lowest BCUT2D eigenvalue weighted by molar-refractivity contribution is -0.138. The molecule has 2 aliphatic heterocycles. The van der Waals surface area contributed by atoms with Gasteiger partial charge in [0.15, 0.2) is 0 Å². The predicted octanol–water partition coefficient (Wildman–Crippen LogP) is 1.72. The van der Waals surface area contributed by atoms with E-state index in [2.05, 4.69) is 17.2 Å². The van der Waals surface area contributed by atoms with Gasteiger partial charge in [-0.1, -0.05) is 19.8 Å². The Kier molecular flexibility index (Phi) is 5.43. The van der Waals surface area contributed by atoms with Crippen molar-refractivity contribution in [2.75, 3.05) is 43.4 Å². The Morgan fingerprint density at radius 2 is 2.07 bits per heavy atom. The van der Waals surface area contributed by atoms with Crippen molar-refractivity contribution < 1.29 is 14.4 Å². The van der Waals surface area contributed by atoms with Crippen LogP contribution < -0.4 is 10.2 Å². The lowest BCUT2D eigenvalue weighted by Gasteiger charge is -2.39. The van der Waals surface area contributed by atoms with Crippen molar-refractivity contribution in [2.24, 2.45) is 5.92 Å². The highest BCUT2D eigenvalue weighted by Gasteiger charge is 2.37. The third-order valence-corrected chi connectivity index (χ3v) is 6.06. The van der Waals surface area contributed by atoms with Crippen LogP contribution in [0.5, 0.6) is 0 Å². The molecule has 0 radical (unpaired) electrons. The zero-order valence-corrected chi connectivity index (χ0v) is 17.2. The minimum Gasteiger partial charge on any atom is -0.359 e. The number of rotatable bonds is 6. The second kappa shape index (κ2) is 8.00.